The van der Waals surface area contributed by atoms with Crippen LogP contribution in [0.1, 0.15) is 91.4 Å². The van der Waals surface area contributed by atoms with Crippen molar-refractivity contribution in [1.82, 2.24) is 9.80 Å². The van der Waals surface area contributed by atoms with E-state index < -0.39 is 40.6 Å². The van der Waals surface area contributed by atoms with Crippen LogP contribution in [0.5, 0.6) is 0 Å². The first-order valence-electron chi connectivity index (χ1n) is 15.6. The molecule has 0 radical (unpaired) electrons. The average Bonchev–Trinajstić information content (AvgIpc) is 3.54. The number of carbonyl (C=O) groups excluding carboxylic acids is 5. The van der Waals surface area contributed by atoms with E-state index in [4.69, 9.17) is 9.47 Å². The minimum atomic E-state index is -1.41. The molecule has 10 nitrogen and oxygen atoms in total. The van der Waals surface area contributed by atoms with Crippen LogP contribution < -0.4 is 0 Å². The van der Waals surface area contributed by atoms with Crippen LogP contribution in [0.15, 0.2) is 60.7 Å². The van der Waals surface area contributed by atoms with Gasteiger partial charge < -0.3 is 29.2 Å². The first-order chi connectivity index (χ1) is 21.4. The first-order valence-corrected chi connectivity index (χ1v) is 15.6. The van der Waals surface area contributed by atoms with Crippen LogP contribution in [0.3, 0.4) is 0 Å². The van der Waals surface area contributed by atoms with E-state index in [0.29, 0.717) is 6.29 Å². The third-order valence-electron chi connectivity index (χ3n) is 8.19. The fourth-order valence-electron chi connectivity index (χ4n) is 5.55. The zero-order valence-electron chi connectivity index (χ0n) is 28.2. The summed E-state index contributed by atoms with van der Waals surface area (Å²) in [7, 11) is 0. The zero-order valence-corrected chi connectivity index (χ0v) is 28.2. The van der Waals surface area contributed by atoms with E-state index in [0.717, 1.165) is 11.1 Å². The zero-order chi connectivity index (χ0) is 34.5. The first kappa shape index (κ1) is 36.4. The molecule has 2 aliphatic heterocycles. The molecule has 250 valence electrons. The Bertz CT molecular complexity index is 1400. The largest absolute Gasteiger partial charge is 0.459 e. The van der Waals surface area contributed by atoms with Crippen molar-refractivity contribution in [1.29, 1.82) is 0 Å². The van der Waals surface area contributed by atoms with Crippen LogP contribution in [-0.2, 0) is 33.4 Å². The van der Waals surface area contributed by atoms with Crippen LogP contribution >= 0.6 is 0 Å². The Morgan fingerprint density at radius 3 is 1.59 bits per heavy atom. The molecule has 0 aliphatic carbocycles. The predicted molar refractivity (Wildman–Crippen MR) is 172 cm³/mol. The molecule has 4 rings (SSSR count). The van der Waals surface area contributed by atoms with Gasteiger partial charge in [-0.25, -0.2) is 0 Å². The van der Waals surface area contributed by atoms with Gasteiger partial charge in [-0.15, -0.1) is 0 Å². The molecule has 2 aliphatic rings. The average molecular weight is 637 g/mol. The van der Waals surface area contributed by atoms with Crippen molar-refractivity contribution in [3.63, 3.8) is 0 Å². The highest BCUT2D eigenvalue weighted by Gasteiger charge is 2.53. The molecule has 46 heavy (non-hydrogen) atoms. The summed E-state index contributed by atoms with van der Waals surface area (Å²) in [6, 6.07) is 18.8. The van der Waals surface area contributed by atoms with E-state index in [1.165, 1.54) is 0 Å². The maximum Gasteiger partial charge on any atom is 0.322 e. The Morgan fingerprint density at radius 1 is 0.761 bits per heavy atom. The van der Waals surface area contributed by atoms with Gasteiger partial charge in [-0.1, -0.05) is 60.7 Å². The highest BCUT2D eigenvalue weighted by molar-refractivity contribution is 6.01. The minimum Gasteiger partial charge on any atom is -0.459 e. The Hall–Kier alpha value is -4.05. The number of amides is 2. The molecule has 2 fully saturated rings. The van der Waals surface area contributed by atoms with Crippen LogP contribution in [0.25, 0.3) is 0 Å². The summed E-state index contributed by atoms with van der Waals surface area (Å²) in [5, 5.41) is 9.79. The van der Waals surface area contributed by atoms with Gasteiger partial charge in [0.15, 0.2) is 0 Å². The lowest BCUT2D eigenvalue weighted by atomic mass is 9.88. The topological polar surface area (TPSA) is 131 Å². The number of hydrogen-bond donors (Lipinski definition) is 1. The third-order valence-corrected chi connectivity index (χ3v) is 8.19. The van der Waals surface area contributed by atoms with Gasteiger partial charge in [-0.2, -0.15) is 0 Å². The summed E-state index contributed by atoms with van der Waals surface area (Å²) in [4.78, 5) is 64.6. The summed E-state index contributed by atoms with van der Waals surface area (Å²) in [5.74, 6) is -1.49. The molecule has 10 heteroatoms. The second kappa shape index (κ2) is 14.2. The van der Waals surface area contributed by atoms with Gasteiger partial charge in [-0.05, 0) is 66.5 Å². The maximum atomic E-state index is 12.5. The van der Waals surface area contributed by atoms with E-state index in [-0.39, 0.29) is 49.8 Å². The predicted octanol–water partition coefficient (Wildman–Crippen LogP) is 4.81. The number of esters is 2. The van der Waals surface area contributed by atoms with Crippen molar-refractivity contribution >= 4 is 30.0 Å². The maximum absolute atomic E-state index is 12.5. The van der Waals surface area contributed by atoms with Gasteiger partial charge in [0.2, 0.25) is 11.8 Å². The monoisotopic (exact) mass is 636 g/mol. The number of benzene rings is 2. The lowest BCUT2D eigenvalue weighted by Gasteiger charge is -2.31. The second-order valence-electron chi connectivity index (χ2n) is 14.3. The fraction of sp³-hybridized carbons (Fsp3) is 0.528. The Balaban J connectivity index is 0.000000250. The Kier molecular flexibility index (Phi) is 11.2. The third kappa shape index (κ3) is 8.60. The minimum absolute atomic E-state index is 0.0183. The number of aliphatic hydroxyl groups excluding tert-OH is 1. The van der Waals surface area contributed by atoms with Crippen molar-refractivity contribution in [2.75, 3.05) is 19.7 Å². The molecule has 2 aromatic carbocycles. The van der Waals surface area contributed by atoms with Crippen molar-refractivity contribution in [3.05, 3.63) is 71.8 Å². The molecule has 0 bridgehead atoms. The van der Waals surface area contributed by atoms with E-state index >= 15 is 0 Å². The number of aliphatic hydroxyl groups is 1. The van der Waals surface area contributed by atoms with Crippen LogP contribution in [-0.4, -0.2) is 75.8 Å². The second-order valence-corrected chi connectivity index (χ2v) is 14.3. The van der Waals surface area contributed by atoms with Gasteiger partial charge in [0.05, 0.1) is 25.1 Å². The van der Waals surface area contributed by atoms with E-state index in [1.54, 1.807) is 51.3 Å². The number of nitrogens with zero attached hydrogens (tertiary/aromatic N) is 2. The van der Waals surface area contributed by atoms with Crippen molar-refractivity contribution in [2.24, 2.45) is 10.8 Å². The SMILES string of the molecule is C[C@H](c1ccccc1)N1C[C@@](C=O)(C(=O)OC(C)(C)C)CC1=O.C[C@H](c1ccccc1)N1C[C@@](CO)(C(=O)OC(C)(C)C)CC1=O. The quantitative estimate of drug-likeness (QED) is 0.248. The molecule has 2 aromatic rings. The molecule has 2 saturated heterocycles. The molecule has 4 atom stereocenters. The van der Waals surface area contributed by atoms with E-state index in [1.807, 2.05) is 74.5 Å². The van der Waals surface area contributed by atoms with Gasteiger partial charge in [-0.3, -0.25) is 19.2 Å². The molecule has 2 heterocycles. The van der Waals surface area contributed by atoms with Gasteiger partial charge >= 0.3 is 11.9 Å². The highest BCUT2D eigenvalue weighted by Crippen LogP contribution is 2.39. The summed E-state index contributed by atoms with van der Waals surface area (Å²) < 4.78 is 10.8. The number of likely N-dealkylation sites (tertiary alicyclic amines) is 2. The molecule has 0 spiro atoms. The van der Waals surface area contributed by atoms with Gasteiger partial charge in [0, 0.05) is 19.5 Å². The summed E-state index contributed by atoms with van der Waals surface area (Å²) in [6.07, 6.45) is 0.412. The number of ether oxygens (including phenoxy) is 2. The number of aldehydes is 1. The number of carbonyl (C=O) groups is 5. The van der Waals surface area contributed by atoms with E-state index in [9.17, 15) is 29.1 Å². The number of hydrogen-bond acceptors (Lipinski definition) is 8. The fourth-order valence-corrected chi connectivity index (χ4v) is 5.55. The van der Waals surface area contributed by atoms with Crippen molar-refractivity contribution in [3.8, 4) is 0 Å². The molecule has 2 amide bonds. The lowest BCUT2D eigenvalue weighted by Crippen LogP contribution is -2.42. The van der Waals surface area contributed by atoms with Gasteiger partial charge in [0.25, 0.3) is 0 Å². The van der Waals surface area contributed by atoms with Crippen molar-refractivity contribution in [2.45, 2.75) is 91.5 Å². The van der Waals surface area contributed by atoms with Crippen LogP contribution in [0.4, 0.5) is 0 Å². The molecule has 0 aromatic heterocycles. The number of rotatable bonds is 8. The lowest BCUT2D eigenvalue weighted by molar-refractivity contribution is -0.170. The van der Waals surface area contributed by atoms with Crippen molar-refractivity contribution < 1.29 is 38.6 Å². The Morgan fingerprint density at radius 2 is 1.17 bits per heavy atom. The molecule has 0 unspecified atom stereocenters. The van der Waals surface area contributed by atoms with Gasteiger partial charge in [0.1, 0.15) is 28.3 Å². The summed E-state index contributed by atoms with van der Waals surface area (Å²) >= 11 is 0. The molecular weight excluding hydrogens is 588 g/mol. The normalized spacial score (nSPS) is 22.9. The molecular formula is C36H48N2O8. The summed E-state index contributed by atoms with van der Waals surface area (Å²) in [6.45, 7) is 14.2. The van der Waals surface area contributed by atoms with Crippen LogP contribution in [0.2, 0.25) is 0 Å². The Labute approximate surface area is 272 Å². The molecule has 1 N–H and O–H groups in total. The standard InChI is InChI=1S/C18H25NO4.C18H23NO4/c2*1-13(14-8-6-5-7-9-14)19-11-18(12-20,10-15(19)21)16(22)23-17(2,3)4/h5-9,13,20H,10-12H2,1-4H3;5-9,12-13H,10-11H2,1-4H3/t2*13-,18+/m11/s1. The van der Waals surface area contributed by atoms with Crippen LogP contribution in [0, 0.1) is 10.8 Å². The van der Waals surface area contributed by atoms with E-state index in [2.05, 4.69) is 0 Å². The highest BCUT2D eigenvalue weighted by atomic mass is 16.6. The summed E-state index contributed by atoms with van der Waals surface area (Å²) in [5.41, 5.74) is -1.97. The smallest absolute Gasteiger partial charge is 0.322 e. The molecule has 0 saturated carbocycles.